The van der Waals surface area contributed by atoms with Crippen LogP contribution in [-0.2, 0) is 9.84 Å². The summed E-state index contributed by atoms with van der Waals surface area (Å²) in [7, 11) is -2.82. The molecule has 118 valence electrons. The molecule has 4 nitrogen and oxygen atoms in total. The van der Waals surface area contributed by atoms with Crippen molar-refractivity contribution < 1.29 is 13.2 Å². The largest absolute Gasteiger partial charge is 0.494 e. The standard InChI is InChI=1S/C16H25NO3S/c1-2-3-4-5-12-20-16-8-6-15(7-9-16)17-10-13-21(18,19)14-11-17/h6-9H,2-5,10-14H2,1H3. The Morgan fingerprint density at radius 3 is 2.33 bits per heavy atom. The van der Waals surface area contributed by atoms with Crippen LogP contribution >= 0.6 is 0 Å². The summed E-state index contributed by atoms with van der Waals surface area (Å²) in [6.07, 6.45) is 4.82. The van der Waals surface area contributed by atoms with E-state index in [0.29, 0.717) is 13.1 Å². The molecule has 2 rings (SSSR count). The van der Waals surface area contributed by atoms with Gasteiger partial charge < -0.3 is 9.64 Å². The van der Waals surface area contributed by atoms with Crippen LogP contribution in [0.5, 0.6) is 5.75 Å². The summed E-state index contributed by atoms with van der Waals surface area (Å²) in [4.78, 5) is 2.12. The van der Waals surface area contributed by atoms with Gasteiger partial charge in [0.1, 0.15) is 5.75 Å². The molecule has 0 spiro atoms. The van der Waals surface area contributed by atoms with Crippen LogP contribution in [0.1, 0.15) is 32.6 Å². The smallest absolute Gasteiger partial charge is 0.153 e. The quantitative estimate of drug-likeness (QED) is 0.727. The van der Waals surface area contributed by atoms with Gasteiger partial charge in [0.2, 0.25) is 0 Å². The SMILES string of the molecule is CCCCCCOc1ccc(N2CCS(=O)(=O)CC2)cc1. The Labute approximate surface area is 128 Å². The van der Waals surface area contributed by atoms with Gasteiger partial charge in [-0.3, -0.25) is 0 Å². The summed E-state index contributed by atoms with van der Waals surface area (Å²) in [5, 5.41) is 0. The highest BCUT2D eigenvalue weighted by Gasteiger charge is 2.21. The normalized spacial score (nSPS) is 17.7. The molecule has 0 saturated carbocycles. The first-order valence-electron chi connectivity index (χ1n) is 7.79. The Balaban J connectivity index is 1.79. The molecule has 1 aromatic rings. The van der Waals surface area contributed by atoms with Crippen molar-refractivity contribution in [1.29, 1.82) is 0 Å². The lowest BCUT2D eigenvalue weighted by molar-refractivity contribution is 0.305. The summed E-state index contributed by atoms with van der Waals surface area (Å²) in [5.74, 6) is 1.39. The molecule has 0 aliphatic carbocycles. The Hall–Kier alpha value is -1.23. The minimum absolute atomic E-state index is 0.253. The van der Waals surface area contributed by atoms with Crippen LogP contribution in [0.2, 0.25) is 0 Å². The summed E-state index contributed by atoms with van der Waals surface area (Å²) in [5.41, 5.74) is 1.07. The summed E-state index contributed by atoms with van der Waals surface area (Å²) in [6, 6.07) is 7.97. The number of unbranched alkanes of at least 4 members (excludes halogenated alkanes) is 3. The number of ether oxygens (including phenoxy) is 1. The monoisotopic (exact) mass is 311 g/mol. The van der Waals surface area contributed by atoms with Crippen molar-refractivity contribution >= 4 is 15.5 Å². The molecule has 5 heteroatoms. The maximum Gasteiger partial charge on any atom is 0.153 e. The molecule has 0 N–H and O–H groups in total. The van der Waals surface area contributed by atoms with Gasteiger partial charge in [-0.15, -0.1) is 0 Å². The van der Waals surface area contributed by atoms with Crippen LogP contribution < -0.4 is 9.64 Å². The lowest BCUT2D eigenvalue weighted by Gasteiger charge is -2.28. The molecule has 0 amide bonds. The molecule has 21 heavy (non-hydrogen) atoms. The van der Waals surface area contributed by atoms with E-state index in [0.717, 1.165) is 24.5 Å². The van der Waals surface area contributed by atoms with E-state index in [2.05, 4.69) is 11.8 Å². The maximum atomic E-state index is 11.4. The van der Waals surface area contributed by atoms with Crippen LogP contribution in [0, 0.1) is 0 Å². The van der Waals surface area contributed by atoms with E-state index in [1.807, 2.05) is 24.3 Å². The summed E-state index contributed by atoms with van der Waals surface area (Å²) < 4.78 is 28.6. The van der Waals surface area contributed by atoms with E-state index in [1.165, 1.54) is 19.3 Å². The Morgan fingerprint density at radius 1 is 1.05 bits per heavy atom. The number of hydrogen-bond donors (Lipinski definition) is 0. The third-order valence-electron chi connectivity index (χ3n) is 3.81. The van der Waals surface area contributed by atoms with Crippen LogP contribution in [0.4, 0.5) is 5.69 Å². The molecule has 0 unspecified atom stereocenters. The summed E-state index contributed by atoms with van der Waals surface area (Å²) in [6.45, 7) is 4.13. The molecular formula is C16H25NO3S. The first kappa shape index (κ1) is 16.1. The molecule has 1 saturated heterocycles. The van der Waals surface area contributed by atoms with E-state index in [-0.39, 0.29) is 11.5 Å². The van der Waals surface area contributed by atoms with Gasteiger partial charge in [0.15, 0.2) is 9.84 Å². The number of benzene rings is 1. The number of hydrogen-bond acceptors (Lipinski definition) is 4. The van der Waals surface area contributed by atoms with Crippen molar-refractivity contribution in [2.75, 3.05) is 36.1 Å². The zero-order chi connectivity index (χ0) is 15.1. The predicted octanol–water partition coefficient (Wildman–Crippen LogP) is 2.88. The molecule has 1 aliphatic rings. The van der Waals surface area contributed by atoms with Gasteiger partial charge >= 0.3 is 0 Å². The second-order valence-corrected chi connectivity index (χ2v) is 7.85. The molecule has 0 atom stereocenters. The Kier molecular flexibility index (Phi) is 5.91. The first-order valence-corrected chi connectivity index (χ1v) is 9.61. The van der Waals surface area contributed by atoms with Crippen LogP contribution in [0.3, 0.4) is 0 Å². The van der Waals surface area contributed by atoms with E-state index in [9.17, 15) is 8.42 Å². The second-order valence-electron chi connectivity index (χ2n) is 5.54. The second kappa shape index (κ2) is 7.69. The van der Waals surface area contributed by atoms with Crippen molar-refractivity contribution in [3.8, 4) is 5.75 Å². The fraction of sp³-hybridized carbons (Fsp3) is 0.625. The average molecular weight is 311 g/mol. The zero-order valence-electron chi connectivity index (χ0n) is 12.8. The van der Waals surface area contributed by atoms with E-state index >= 15 is 0 Å². The zero-order valence-corrected chi connectivity index (χ0v) is 13.6. The molecule has 1 aromatic carbocycles. The number of sulfone groups is 1. The Morgan fingerprint density at radius 2 is 1.71 bits per heavy atom. The third-order valence-corrected chi connectivity index (χ3v) is 5.42. The van der Waals surface area contributed by atoms with Crippen molar-refractivity contribution in [3.05, 3.63) is 24.3 Å². The van der Waals surface area contributed by atoms with Gasteiger partial charge in [0.25, 0.3) is 0 Å². The highest BCUT2D eigenvalue weighted by atomic mass is 32.2. The molecule has 0 bridgehead atoms. The van der Waals surface area contributed by atoms with E-state index < -0.39 is 9.84 Å². The molecule has 1 aliphatic heterocycles. The van der Waals surface area contributed by atoms with E-state index in [1.54, 1.807) is 0 Å². The van der Waals surface area contributed by atoms with Gasteiger partial charge in [0, 0.05) is 18.8 Å². The van der Waals surface area contributed by atoms with Crippen LogP contribution in [0.15, 0.2) is 24.3 Å². The van der Waals surface area contributed by atoms with Crippen LogP contribution in [-0.4, -0.2) is 39.6 Å². The fourth-order valence-electron chi connectivity index (χ4n) is 2.44. The van der Waals surface area contributed by atoms with Gasteiger partial charge in [-0.2, -0.15) is 0 Å². The highest BCUT2D eigenvalue weighted by molar-refractivity contribution is 7.91. The first-order chi connectivity index (χ1) is 10.1. The predicted molar refractivity (Wildman–Crippen MR) is 86.9 cm³/mol. The lowest BCUT2D eigenvalue weighted by Crippen LogP contribution is -2.40. The maximum absolute atomic E-state index is 11.4. The number of anilines is 1. The molecule has 0 aromatic heterocycles. The van der Waals surface area contributed by atoms with Crippen molar-refractivity contribution in [2.24, 2.45) is 0 Å². The van der Waals surface area contributed by atoms with Gasteiger partial charge in [-0.25, -0.2) is 8.42 Å². The molecule has 1 heterocycles. The highest BCUT2D eigenvalue weighted by Crippen LogP contribution is 2.21. The third kappa shape index (κ3) is 5.23. The minimum atomic E-state index is -2.82. The van der Waals surface area contributed by atoms with Gasteiger partial charge in [-0.1, -0.05) is 26.2 Å². The topological polar surface area (TPSA) is 46.6 Å². The number of nitrogens with zero attached hydrogens (tertiary/aromatic N) is 1. The van der Waals surface area contributed by atoms with Crippen LogP contribution in [0.25, 0.3) is 0 Å². The summed E-state index contributed by atoms with van der Waals surface area (Å²) >= 11 is 0. The fourth-order valence-corrected chi connectivity index (χ4v) is 3.64. The molecule has 1 fully saturated rings. The lowest BCUT2D eigenvalue weighted by atomic mass is 10.2. The van der Waals surface area contributed by atoms with Gasteiger partial charge in [0.05, 0.1) is 18.1 Å². The van der Waals surface area contributed by atoms with Crippen molar-refractivity contribution in [3.63, 3.8) is 0 Å². The van der Waals surface area contributed by atoms with E-state index in [4.69, 9.17) is 4.74 Å². The van der Waals surface area contributed by atoms with Crippen molar-refractivity contribution in [1.82, 2.24) is 0 Å². The average Bonchev–Trinajstić information content (AvgIpc) is 2.48. The van der Waals surface area contributed by atoms with Gasteiger partial charge in [-0.05, 0) is 30.7 Å². The number of rotatable bonds is 7. The molecule has 0 radical (unpaired) electrons. The Bertz CT molecular complexity index is 511. The van der Waals surface area contributed by atoms with Crippen molar-refractivity contribution in [2.45, 2.75) is 32.6 Å². The molecular weight excluding hydrogens is 286 g/mol. The minimum Gasteiger partial charge on any atom is -0.494 e.